The third-order valence-corrected chi connectivity index (χ3v) is 3.25. The Balaban J connectivity index is 0.000000256. The summed E-state index contributed by atoms with van der Waals surface area (Å²) in [6, 6.07) is 11.8. The Morgan fingerprint density at radius 1 is 0.792 bits per heavy atom. The fraction of sp³-hybridized carbons (Fsp3) is 0. The molecule has 0 amide bonds. The molecule has 8 heteroatoms. The number of nitrogens with two attached hydrogens (primary N) is 3. The van der Waals surface area contributed by atoms with Gasteiger partial charge in [0.25, 0.3) is 0 Å². The van der Waals surface area contributed by atoms with Gasteiger partial charge in [0.2, 0.25) is 0 Å². The maximum atomic E-state index is 12.2. The lowest BCUT2D eigenvalue weighted by Crippen LogP contribution is -2.39. The first-order chi connectivity index (χ1) is 11.3. The highest BCUT2D eigenvalue weighted by Gasteiger charge is 2.30. The molecule has 3 rings (SSSR count). The maximum absolute atomic E-state index is 12.2. The molecule has 122 valence electrons. The number of carbonyl (C=O) groups is 2. The predicted molar refractivity (Wildman–Crippen MR) is 91.1 cm³/mol. The molecule has 0 aromatic heterocycles. The Morgan fingerprint density at radius 2 is 1.29 bits per heavy atom. The van der Waals surface area contributed by atoms with E-state index in [1.165, 1.54) is 0 Å². The van der Waals surface area contributed by atoms with Gasteiger partial charge < -0.3 is 17.2 Å². The zero-order chi connectivity index (χ0) is 17.9. The van der Waals surface area contributed by atoms with E-state index in [1.807, 2.05) is 5.32 Å². The van der Waals surface area contributed by atoms with Crippen LogP contribution in [0.5, 0.6) is 0 Å². The number of nitrogen functional groups attached to an aromatic ring is 1. The quantitative estimate of drug-likeness (QED) is 0.198. The van der Waals surface area contributed by atoms with Crippen molar-refractivity contribution in [3.8, 4) is 0 Å². The summed E-state index contributed by atoms with van der Waals surface area (Å²) in [5.74, 6) is -0.934. The summed E-state index contributed by atoms with van der Waals surface area (Å²) in [5, 5.41) is 15.0. The van der Waals surface area contributed by atoms with Crippen LogP contribution in [-0.4, -0.2) is 23.5 Å². The molecule has 0 fully saturated rings. The number of anilines is 1. The average molecular weight is 324 g/mol. The van der Waals surface area contributed by atoms with Crippen LogP contribution in [0.15, 0.2) is 42.5 Å². The largest absolute Gasteiger partial charge is 0.398 e. The third kappa shape index (κ3) is 3.22. The molecule has 2 aromatic rings. The van der Waals surface area contributed by atoms with Gasteiger partial charge in [0.15, 0.2) is 23.5 Å². The monoisotopic (exact) mass is 324 g/mol. The molecule has 0 atom stereocenters. The molecule has 0 spiro atoms. The Morgan fingerprint density at radius 3 is 1.79 bits per heavy atom. The molecule has 0 saturated heterocycles. The third-order valence-electron chi connectivity index (χ3n) is 3.25. The molecule has 2 aromatic carbocycles. The molecule has 0 heterocycles. The molecular formula is C16H16N6O2. The minimum Gasteiger partial charge on any atom is -0.398 e. The highest BCUT2D eigenvalue weighted by molar-refractivity contribution is 6.29. The molecule has 0 saturated carbocycles. The molecule has 9 N–H and O–H groups in total. The lowest BCUT2D eigenvalue weighted by Gasteiger charge is -2.18. The predicted octanol–water partition coefficient (Wildman–Crippen LogP) is 0.407. The van der Waals surface area contributed by atoms with Gasteiger partial charge in [0.1, 0.15) is 0 Å². The highest BCUT2D eigenvalue weighted by Crippen LogP contribution is 2.30. The number of benzene rings is 2. The van der Waals surface area contributed by atoms with Gasteiger partial charge in [0.05, 0.1) is 5.56 Å². The molecule has 1 aliphatic carbocycles. The van der Waals surface area contributed by atoms with Crippen LogP contribution in [0.3, 0.4) is 0 Å². The van der Waals surface area contributed by atoms with Crippen molar-refractivity contribution in [1.82, 2.24) is 5.32 Å². The van der Waals surface area contributed by atoms with Crippen LogP contribution in [0.2, 0.25) is 0 Å². The maximum Gasteiger partial charge on any atom is 0.196 e. The van der Waals surface area contributed by atoms with Gasteiger partial charge in [-0.15, -0.1) is 0 Å². The molecule has 8 nitrogen and oxygen atoms in total. The number of carbonyl (C=O) groups excluding carboxylic acids is 2. The van der Waals surface area contributed by atoms with Crippen LogP contribution < -0.4 is 22.5 Å². The highest BCUT2D eigenvalue weighted by atomic mass is 16.1. The van der Waals surface area contributed by atoms with Crippen molar-refractivity contribution in [2.75, 3.05) is 5.73 Å². The number of nitrogens with one attached hydrogen (secondary N) is 3. The van der Waals surface area contributed by atoms with Crippen LogP contribution in [0.4, 0.5) is 5.69 Å². The van der Waals surface area contributed by atoms with Gasteiger partial charge >= 0.3 is 0 Å². The second-order valence-electron chi connectivity index (χ2n) is 4.93. The van der Waals surface area contributed by atoms with Crippen LogP contribution in [0, 0.1) is 10.8 Å². The fourth-order valence-corrected chi connectivity index (χ4v) is 2.32. The van der Waals surface area contributed by atoms with Gasteiger partial charge in [0, 0.05) is 22.4 Å². The lowest BCUT2D eigenvalue weighted by atomic mass is 9.83. The molecule has 0 aliphatic heterocycles. The number of hydrogen-bond donors (Lipinski definition) is 6. The standard InChI is InChI=1S/C14H9NO2.C2H7N5/c15-11-7-3-6-10-12(11)14(17)9-5-2-1-4-8(9)13(10)16;3-1(4)7-2(5)6/h1-7H,15H2;(H7,3,4,5,6,7). The van der Waals surface area contributed by atoms with Crippen molar-refractivity contribution in [1.29, 1.82) is 10.8 Å². The average Bonchev–Trinajstić information content (AvgIpc) is 2.52. The van der Waals surface area contributed by atoms with Gasteiger partial charge in [-0.05, 0) is 6.07 Å². The van der Waals surface area contributed by atoms with Crippen molar-refractivity contribution < 1.29 is 9.59 Å². The molecular weight excluding hydrogens is 308 g/mol. The van der Waals surface area contributed by atoms with Crippen molar-refractivity contribution in [2.45, 2.75) is 0 Å². The zero-order valence-electron chi connectivity index (χ0n) is 12.6. The minimum absolute atomic E-state index is 0.137. The van der Waals surface area contributed by atoms with Crippen molar-refractivity contribution in [2.24, 2.45) is 11.5 Å². The van der Waals surface area contributed by atoms with Crippen LogP contribution >= 0.6 is 0 Å². The number of fused-ring (bicyclic) bond motifs is 2. The van der Waals surface area contributed by atoms with Crippen molar-refractivity contribution >= 4 is 29.2 Å². The van der Waals surface area contributed by atoms with Crippen LogP contribution in [0.25, 0.3) is 0 Å². The van der Waals surface area contributed by atoms with Crippen molar-refractivity contribution in [3.63, 3.8) is 0 Å². The van der Waals surface area contributed by atoms with Crippen LogP contribution in [-0.2, 0) is 0 Å². The number of rotatable bonds is 0. The smallest absolute Gasteiger partial charge is 0.196 e. The van der Waals surface area contributed by atoms with E-state index in [2.05, 4.69) is 0 Å². The van der Waals surface area contributed by atoms with Gasteiger partial charge in [-0.2, -0.15) is 0 Å². The van der Waals surface area contributed by atoms with E-state index < -0.39 is 0 Å². The van der Waals surface area contributed by atoms with E-state index in [-0.39, 0.29) is 23.5 Å². The Hall–Kier alpha value is -3.68. The first-order valence-corrected chi connectivity index (χ1v) is 6.85. The van der Waals surface area contributed by atoms with Gasteiger partial charge in [-0.25, -0.2) is 0 Å². The molecule has 0 unspecified atom stereocenters. The normalized spacial score (nSPS) is 11.5. The number of guanidine groups is 2. The topological polar surface area (TPSA) is 172 Å². The summed E-state index contributed by atoms with van der Waals surface area (Å²) in [5.41, 5.74) is 17.2. The lowest BCUT2D eigenvalue weighted by molar-refractivity contribution is 0.0979. The first kappa shape index (κ1) is 16.7. The van der Waals surface area contributed by atoms with E-state index >= 15 is 0 Å². The minimum atomic E-state index is -0.312. The summed E-state index contributed by atoms with van der Waals surface area (Å²) in [7, 11) is 0. The van der Waals surface area contributed by atoms with Crippen molar-refractivity contribution in [3.05, 3.63) is 64.7 Å². The summed E-state index contributed by atoms with van der Waals surface area (Å²) in [4.78, 5) is 24.4. The second kappa shape index (κ2) is 6.61. The Labute approximate surface area is 137 Å². The summed E-state index contributed by atoms with van der Waals surface area (Å²) in [6.07, 6.45) is 0. The van der Waals surface area contributed by atoms with Gasteiger partial charge in [-0.3, -0.25) is 25.7 Å². The summed E-state index contributed by atoms with van der Waals surface area (Å²) >= 11 is 0. The summed E-state index contributed by atoms with van der Waals surface area (Å²) in [6.45, 7) is 0. The fourth-order valence-electron chi connectivity index (χ4n) is 2.32. The first-order valence-electron chi connectivity index (χ1n) is 6.85. The van der Waals surface area contributed by atoms with E-state index in [0.717, 1.165) is 0 Å². The van der Waals surface area contributed by atoms with E-state index in [9.17, 15) is 9.59 Å². The molecule has 1 aliphatic rings. The molecule has 0 bridgehead atoms. The number of ketones is 2. The Bertz CT molecular complexity index is 847. The Kier molecular flexibility index (Phi) is 4.60. The second-order valence-corrected chi connectivity index (χ2v) is 4.93. The van der Waals surface area contributed by atoms with Crippen LogP contribution in [0.1, 0.15) is 31.8 Å². The molecule has 24 heavy (non-hydrogen) atoms. The van der Waals surface area contributed by atoms with Gasteiger partial charge in [-0.1, -0.05) is 36.4 Å². The summed E-state index contributed by atoms with van der Waals surface area (Å²) < 4.78 is 0. The SMILES string of the molecule is N=C(N)NC(=N)N.Nc1cccc2c1C(=O)c1ccccc1C2=O. The number of hydrogen-bond acceptors (Lipinski definition) is 5. The molecule has 0 radical (unpaired) electrons. The van der Waals surface area contributed by atoms with E-state index in [0.29, 0.717) is 27.9 Å². The zero-order valence-corrected chi connectivity index (χ0v) is 12.6. The van der Waals surface area contributed by atoms with E-state index in [1.54, 1.807) is 42.5 Å². The van der Waals surface area contributed by atoms with E-state index in [4.69, 9.17) is 28.0 Å².